The second-order valence-electron chi connectivity index (χ2n) is 6.52. The van der Waals surface area contributed by atoms with Gasteiger partial charge >= 0.3 is 0 Å². The minimum atomic E-state index is 0.403. The first kappa shape index (κ1) is 14.8. The number of aromatic nitrogens is 4. The molecule has 0 radical (unpaired) electrons. The molecule has 3 aromatic rings. The first-order valence-electron chi connectivity index (χ1n) is 8.26. The maximum atomic E-state index is 4.46. The quantitative estimate of drug-likeness (QED) is 0.436. The largest absolute Gasteiger partial charge is 0.338 e. The van der Waals surface area contributed by atoms with Crippen molar-refractivity contribution in [3.63, 3.8) is 0 Å². The summed E-state index contributed by atoms with van der Waals surface area (Å²) in [5.74, 6) is 1.46. The number of benzene rings is 1. The highest BCUT2D eigenvalue weighted by molar-refractivity contribution is 6.03. The molecule has 0 fully saturated rings. The van der Waals surface area contributed by atoms with Crippen LogP contribution in [0.15, 0.2) is 41.0 Å². The van der Waals surface area contributed by atoms with Gasteiger partial charge in [0.15, 0.2) is 5.65 Å². The molecule has 0 aliphatic heterocycles. The molecule has 0 bridgehead atoms. The maximum Gasteiger partial charge on any atom is 0.265 e. The minimum absolute atomic E-state index is 0.403. The second-order valence-corrected chi connectivity index (χ2v) is 6.52. The van der Waals surface area contributed by atoms with E-state index in [2.05, 4.69) is 50.6 Å². The van der Waals surface area contributed by atoms with Gasteiger partial charge in [0.25, 0.3) is 5.95 Å². The molecule has 6 nitrogen and oxygen atoms in total. The Morgan fingerprint density at radius 2 is 2.17 bits per heavy atom. The Morgan fingerprint density at radius 1 is 1.29 bits per heavy atom. The Balaban J connectivity index is 1.52. The highest BCUT2D eigenvalue weighted by Gasteiger charge is 2.18. The van der Waals surface area contributed by atoms with E-state index in [1.165, 1.54) is 5.57 Å². The summed E-state index contributed by atoms with van der Waals surface area (Å²) >= 11 is 0. The summed E-state index contributed by atoms with van der Waals surface area (Å²) in [6, 6.07) is 7.98. The van der Waals surface area contributed by atoms with Crippen molar-refractivity contribution in [3.05, 3.63) is 35.9 Å². The van der Waals surface area contributed by atoms with E-state index in [0.717, 1.165) is 29.3 Å². The fraction of sp³-hybridized carbons (Fsp3) is 0.333. The summed E-state index contributed by atoms with van der Waals surface area (Å²) in [7, 11) is 0. The van der Waals surface area contributed by atoms with Gasteiger partial charge < -0.3 is 4.98 Å². The molecule has 1 aliphatic carbocycles. The average Bonchev–Trinajstić information content (AvgIpc) is 2.94. The Morgan fingerprint density at radius 3 is 3.04 bits per heavy atom. The number of hydrogen-bond donors (Lipinski definition) is 2. The SMILES string of the molecule is CC1=CC[C@H](/C=N\Nc2nnc3c(n2)[nH]c2ccccc23)[C@@H](C)C1. The van der Waals surface area contributed by atoms with Crippen molar-refractivity contribution in [2.24, 2.45) is 16.9 Å². The Labute approximate surface area is 140 Å². The molecular weight excluding hydrogens is 300 g/mol. The van der Waals surface area contributed by atoms with Crippen molar-refractivity contribution >= 4 is 34.2 Å². The number of rotatable bonds is 3. The van der Waals surface area contributed by atoms with Crippen LogP contribution in [0.4, 0.5) is 5.95 Å². The lowest BCUT2D eigenvalue weighted by molar-refractivity contribution is 0.438. The summed E-state index contributed by atoms with van der Waals surface area (Å²) < 4.78 is 0. The fourth-order valence-corrected chi connectivity index (χ4v) is 3.28. The third-order valence-electron chi connectivity index (χ3n) is 4.67. The lowest BCUT2D eigenvalue weighted by Gasteiger charge is -2.24. The highest BCUT2D eigenvalue weighted by atomic mass is 15.4. The van der Waals surface area contributed by atoms with Crippen LogP contribution >= 0.6 is 0 Å². The number of anilines is 1. The number of nitrogens with zero attached hydrogens (tertiary/aromatic N) is 4. The van der Waals surface area contributed by atoms with Gasteiger partial charge in [0.2, 0.25) is 0 Å². The zero-order chi connectivity index (χ0) is 16.5. The predicted octanol–water partition coefficient (Wildman–Crippen LogP) is 3.90. The second kappa shape index (κ2) is 6.03. The van der Waals surface area contributed by atoms with Gasteiger partial charge in [0.1, 0.15) is 5.52 Å². The van der Waals surface area contributed by atoms with Crippen molar-refractivity contribution < 1.29 is 0 Å². The molecule has 4 rings (SSSR count). The van der Waals surface area contributed by atoms with E-state index in [4.69, 9.17) is 0 Å². The molecule has 1 aliphatic rings. The minimum Gasteiger partial charge on any atom is -0.338 e. The van der Waals surface area contributed by atoms with Crippen LogP contribution < -0.4 is 5.43 Å². The third-order valence-corrected chi connectivity index (χ3v) is 4.67. The van der Waals surface area contributed by atoms with E-state index < -0.39 is 0 Å². The first-order valence-corrected chi connectivity index (χ1v) is 8.26. The van der Waals surface area contributed by atoms with Gasteiger partial charge in [-0.05, 0) is 31.7 Å². The zero-order valence-electron chi connectivity index (χ0n) is 13.8. The lowest BCUT2D eigenvalue weighted by Crippen LogP contribution is -2.17. The molecule has 0 saturated heterocycles. The maximum absolute atomic E-state index is 4.46. The van der Waals surface area contributed by atoms with Gasteiger partial charge in [-0.15, -0.1) is 10.2 Å². The van der Waals surface area contributed by atoms with E-state index >= 15 is 0 Å². The number of fused-ring (bicyclic) bond motifs is 3. The van der Waals surface area contributed by atoms with Gasteiger partial charge in [-0.1, -0.05) is 36.8 Å². The Hall–Kier alpha value is -2.76. The van der Waals surface area contributed by atoms with E-state index in [-0.39, 0.29) is 0 Å². The van der Waals surface area contributed by atoms with Crippen LogP contribution in [0.5, 0.6) is 0 Å². The summed E-state index contributed by atoms with van der Waals surface area (Å²) in [6.45, 7) is 4.46. The number of nitrogens with one attached hydrogen (secondary N) is 2. The Kier molecular flexibility index (Phi) is 3.72. The van der Waals surface area contributed by atoms with Crippen LogP contribution in [0.25, 0.3) is 22.1 Å². The van der Waals surface area contributed by atoms with Crippen LogP contribution in [0, 0.1) is 11.8 Å². The zero-order valence-corrected chi connectivity index (χ0v) is 13.8. The van der Waals surface area contributed by atoms with Gasteiger partial charge in [0.05, 0.1) is 0 Å². The highest BCUT2D eigenvalue weighted by Crippen LogP contribution is 2.27. The monoisotopic (exact) mass is 320 g/mol. The molecule has 0 saturated carbocycles. The van der Waals surface area contributed by atoms with Gasteiger partial charge in [-0.2, -0.15) is 10.1 Å². The summed E-state index contributed by atoms with van der Waals surface area (Å²) in [5.41, 5.74) is 6.88. The number of para-hydroxylation sites is 1. The van der Waals surface area contributed by atoms with Gasteiger partial charge in [-0.25, -0.2) is 5.43 Å². The molecule has 1 aromatic carbocycles. The third kappa shape index (κ3) is 2.75. The number of hydrogen-bond acceptors (Lipinski definition) is 5. The van der Waals surface area contributed by atoms with E-state index in [1.807, 2.05) is 30.5 Å². The number of H-pyrrole nitrogens is 1. The predicted molar refractivity (Wildman–Crippen MR) is 96.9 cm³/mol. The molecule has 2 heterocycles. The van der Waals surface area contributed by atoms with Crippen LogP contribution in [0.1, 0.15) is 26.7 Å². The van der Waals surface area contributed by atoms with Crippen molar-refractivity contribution in [3.8, 4) is 0 Å². The number of hydrazone groups is 1. The molecule has 2 N–H and O–H groups in total. The molecule has 2 atom stereocenters. The molecule has 122 valence electrons. The van der Waals surface area contributed by atoms with Gasteiger partial charge in [-0.3, -0.25) is 0 Å². The van der Waals surface area contributed by atoms with Gasteiger partial charge in [0, 0.05) is 23.0 Å². The lowest BCUT2D eigenvalue weighted by atomic mass is 9.82. The molecular formula is C18H20N6. The molecule has 0 unspecified atom stereocenters. The first-order chi connectivity index (χ1) is 11.7. The molecule has 24 heavy (non-hydrogen) atoms. The van der Waals surface area contributed by atoms with Crippen LogP contribution in [0.3, 0.4) is 0 Å². The van der Waals surface area contributed by atoms with E-state index in [0.29, 0.717) is 23.4 Å². The van der Waals surface area contributed by atoms with Crippen LogP contribution in [0.2, 0.25) is 0 Å². The van der Waals surface area contributed by atoms with E-state index in [1.54, 1.807) is 0 Å². The number of allylic oxidation sites excluding steroid dienone is 2. The smallest absolute Gasteiger partial charge is 0.265 e. The molecule has 2 aromatic heterocycles. The van der Waals surface area contributed by atoms with Crippen LogP contribution in [-0.4, -0.2) is 26.4 Å². The standard InChI is InChI=1S/C18H20N6/c1-11-7-8-13(12(2)9-11)10-19-23-18-21-17-16(22-24-18)14-5-3-4-6-15(14)20-17/h3-7,10,12-13H,8-9H2,1-2H3,(H2,20,21,23,24)/b19-10-/t12-,13+/m0/s1. The molecule has 0 spiro atoms. The molecule has 0 amide bonds. The normalized spacial score (nSPS) is 21.5. The summed E-state index contributed by atoms with van der Waals surface area (Å²) in [6.07, 6.45) is 6.44. The van der Waals surface area contributed by atoms with Crippen molar-refractivity contribution in [1.29, 1.82) is 0 Å². The van der Waals surface area contributed by atoms with Crippen molar-refractivity contribution in [2.45, 2.75) is 26.7 Å². The fourth-order valence-electron chi connectivity index (χ4n) is 3.28. The molecule has 6 heteroatoms. The van der Waals surface area contributed by atoms with E-state index in [9.17, 15) is 0 Å². The summed E-state index contributed by atoms with van der Waals surface area (Å²) in [4.78, 5) is 7.72. The Bertz CT molecular complexity index is 939. The topological polar surface area (TPSA) is 78.8 Å². The average molecular weight is 320 g/mol. The van der Waals surface area contributed by atoms with Crippen molar-refractivity contribution in [2.75, 3.05) is 5.43 Å². The number of aromatic amines is 1. The van der Waals surface area contributed by atoms with Crippen molar-refractivity contribution in [1.82, 2.24) is 20.2 Å². The van der Waals surface area contributed by atoms with Crippen LogP contribution in [-0.2, 0) is 0 Å². The summed E-state index contributed by atoms with van der Waals surface area (Å²) in [5, 5.41) is 13.7.